The van der Waals surface area contributed by atoms with Crippen LogP contribution in [0.15, 0.2) is 79.0 Å². The monoisotopic (exact) mass is 475 g/mol. The van der Waals surface area contributed by atoms with Gasteiger partial charge in [0.2, 0.25) is 0 Å². The van der Waals surface area contributed by atoms with Crippen molar-refractivity contribution in [2.45, 2.75) is 12.6 Å². The molecular weight excluding hydrogens is 452 g/mol. The van der Waals surface area contributed by atoms with Crippen molar-refractivity contribution >= 4 is 11.7 Å². The first-order valence-corrected chi connectivity index (χ1v) is 11.0. The molecule has 1 N–H and O–H groups in total. The lowest BCUT2D eigenvalue weighted by atomic mass is 10.0. The highest BCUT2D eigenvalue weighted by Gasteiger charge is 2.34. The van der Waals surface area contributed by atoms with Crippen LogP contribution in [0.4, 0.5) is 19.3 Å². The second-order valence-corrected chi connectivity index (χ2v) is 8.16. The fourth-order valence-electron chi connectivity index (χ4n) is 4.51. The third-order valence-corrected chi connectivity index (χ3v) is 6.08. The second-order valence-electron chi connectivity index (χ2n) is 8.16. The number of amides is 2. The molecule has 0 unspecified atom stereocenters. The summed E-state index contributed by atoms with van der Waals surface area (Å²) in [5.41, 5.74) is 3.26. The summed E-state index contributed by atoms with van der Waals surface area (Å²) in [5, 5.41) is 2.90. The SMILES string of the molecule is COc1ccc(NC(=O)N2Cc3ccccc3-n3cccc3[C@H]2c2cc(F)cc(F)c2)c(OC)c1. The zero-order valence-electron chi connectivity index (χ0n) is 19.2. The van der Waals surface area contributed by atoms with E-state index in [0.29, 0.717) is 28.4 Å². The molecular formula is C27H23F2N3O3. The molecule has 1 aromatic heterocycles. The first-order chi connectivity index (χ1) is 17.0. The van der Waals surface area contributed by atoms with Crippen molar-refractivity contribution in [1.82, 2.24) is 9.47 Å². The summed E-state index contributed by atoms with van der Waals surface area (Å²) in [6.07, 6.45) is 1.88. The van der Waals surface area contributed by atoms with Crippen LogP contribution in [-0.4, -0.2) is 29.7 Å². The van der Waals surface area contributed by atoms with E-state index in [1.807, 2.05) is 47.2 Å². The Labute approximate surface area is 201 Å². The lowest BCUT2D eigenvalue weighted by Gasteiger charge is -2.31. The number of methoxy groups -OCH3 is 2. The molecule has 0 saturated carbocycles. The van der Waals surface area contributed by atoms with E-state index >= 15 is 0 Å². The zero-order valence-corrected chi connectivity index (χ0v) is 19.2. The Hall–Kier alpha value is -4.33. The van der Waals surface area contributed by atoms with E-state index in [9.17, 15) is 13.6 Å². The number of benzene rings is 3. The van der Waals surface area contributed by atoms with Gasteiger partial charge in [0.1, 0.15) is 23.1 Å². The molecule has 2 heterocycles. The maximum absolute atomic E-state index is 14.3. The first kappa shape index (κ1) is 22.5. The Morgan fingerprint density at radius 2 is 1.71 bits per heavy atom. The topological polar surface area (TPSA) is 55.7 Å². The summed E-state index contributed by atoms with van der Waals surface area (Å²) >= 11 is 0. The van der Waals surface area contributed by atoms with E-state index in [2.05, 4.69) is 5.32 Å². The molecule has 1 atom stereocenters. The fourth-order valence-corrected chi connectivity index (χ4v) is 4.51. The van der Waals surface area contributed by atoms with E-state index in [1.165, 1.54) is 19.2 Å². The Morgan fingerprint density at radius 3 is 2.46 bits per heavy atom. The van der Waals surface area contributed by atoms with Gasteiger partial charge in [-0.15, -0.1) is 0 Å². The molecule has 0 saturated heterocycles. The van der Waals surface area contributed by atoms with Gasteiger partial charge in [0, 0.05) is 24.0 Å². The smallest absolute Gasteiger partial charge is 0.323 e. The van der Waals surface area contributed by atoms with Crippen molar-refractivity contribution in [2.75, 3.05) is 19.5 Å². The van der Waals surface area contributed by atoms with Gasteiger partial charge in [0.05, 0.1) is 38.2 Å². The number of fused-ring (bicyclic) bond motifs is 3. The molecule has 1 aliphatic rings. The number of hydrogen-bond donors (Lipinski definition) is 1. The molecule has 0 spiro atoms. The number of para-hydroxylation sites is 1. The van der Waals surface area contributed by atoms with Gasteiger partial charge in [0.25, 0.3) is 0 Å². The third kappa shape index (κ3) is 4.19. The Morgan fingerprint density at radius 1 is 0.943 bits per heavy atom. The van der Waals surface area contributed by atoms with Crippen LogP contribution >= 0.6 is 0 Å². The lowest BCUT2D eigenvalue weighted by molar-refractivity contribution is 0.194. The van der Waals surface area contributed by atoms with Crippen molar-refractivity contribution in [1.29, 1.82) is 0 Å². The second kappa shape index (κ2) is 9.13. The van der Waals surface area contributed by atoms with Crippen LogP contribution in [0.3, 0.4) is 0 Å². The Bertz CT molecular complexity index is 1380. The number of anilines is 1. The normalized spacial score (nSPS) is 14.5. The summed E-state index contributed by atoms with van der Waals surface area (Å²) in [7, 11) is 3.04. The molecule has 178 valence electrons. The number of urea groups is 1. The highest BCUT2D eigenvalue weighted by atomic mass is 19.1. The van der Waals surface area contributed by atoms with Gasteiger partial charge >= 0.3 is 6.03 Å². The molecule has 35 heavy (non-hydrogen) atoms. The summed E-state index contributed by atoms with van der Waals surface area (Å²) in [4.78, 5) is 15.3. The molecule has 3 aromatic carbocycles. The Balaban J connectivity index is 1.63. The van der Waals surface area contributed by atoms with Gasteiger partial charge in [-0.1, -0.05) is 18.2 Å². The zero-order chi connectivity index (χ0) is 24.5. The van der Waals surface area contributed by atoms with Crippen molar-refractivity contribution < 1.29 is 23.0 Å². The molecule has 0 bridgehead atoms. The van der Waals surface area contributed by atoms with Crippen molar-refractivity contribution in [3.05, 3.63) is 107 Å². The van der Waals surface area contributed by atoms with Crippen LogP contribution in [0.25, 0.3) is 5.69 Å². The molecule has 0 radical (unpaired) electrons. The average Bonchev–Trinajstić information content (AvgIpc) is 3.27. The number of aromatic nitrogens is 1. The first-order valence-electron chi connectivity index (χ1n) is 11.0. The maximum Gasteiger partial charge on any atom is 0.323 e. The minimum Gasteiger partial charge on any atom is -0.497 e. The summed E-state index contributed by atoms with van der Waals surface area (Å²) in [6, 6.07) is 18.6. The van der Waals surface area contributed by atoms with E-state index in [0.717, 1.165) is 17.3 Å². The van der Waals surface area contributed by atoms with Crippen molar-refractivity contribution in [3.8, 4) is 17.2 Å². The number of carbonyl (C=O) groups is 1. The summed E-state index contributed by atoms with van der Waals surface area (Å²) in [6.45, 7) is 0.213. The number of rotatable bonds is 4. The largest absolute Gasteiger partial charge is 0.497 e. The van der Waals surface area contributed by atoms with Gasteiger partial charge in [-0.2, -0.15) is 0 Å². The Kier molecular flexibility index (Phi) is 5.86. The highest BCUT2D eigenvalue weighted by Crippen LogP contribution is 2.38. The van der Waals surface area contributed by atoms with E-state index < -0.39 is 23.7 Å². The number of halogens is 2. The van der Waals surface area contributed by atoms with Gasteiger partial charge in [-0.3, -0.25) is 0 Å². The number of hydrogen-bond acceptors (Lipinski definition) is 3. The lowest BCUT2D eigenvalue weighted by Crippen LogP contribution is -2.38. The minimum absolute atomic E-state index is 0.213. The molecule has 0 fully saturated rings. The van der Waals surface area contributed by atoms with Crippen LogP contribution in [0, 0.1) is 11.6 Å². The summed E-state index contributed by atoms with van der Waals surface area (Å²) in [5.74, 6) is -0.423. The van der Waals surface area contributed by atoms with E-state index in [-0.39, 0.29) is 6.54 Å². The third-order valence-electron chi connectivity index (χ3n) is 6.08. The molecule has 2 amide bonds. The van der Waals surface area contributed by atoms with Gasteiger partial charge in [-0.25, -0.2) is 13.6 Å². The number of nitrogens with one attached hydrogen (secondary N) is 1. The predicted molar refractivity (Wildman–Crippen MR) is 128 cm³/mol. The van der Waals surface area contributed by atoms with Crippen molar-refractivity contribution in [3.63, 3.8) is 0 Å². The van der Waals surface area contributed by atoms with E-state index in [1.54, 1.807) is 30.2 Å². The van der Waals surface area contributed by atoms with Gasteiger partial charge < -0.3 is 24.3 Å². The standard InChI is InChI=1S/C27H23F2N3O3/c1-34-21-9-10-22(25(15-21)35-2)30-27(33)32-16-17-6-3-4-7-23(17)31-11-5-8-24(31)26(32)18-12-19(28)14-20(29)13-18/h3-15,26H,16H2,1-2H3,(H,30,33)/t26-/m1/s1. The van der Waals surface area contributed by atoms with Gasteiger partial charge in [0.15, 0.2) is 0 Å². The minimum atomic E-state index is -0.758. The van der Waals surface area contributed by atoms with Gasteiger partial charge in [-0.05, 0) is 53.6 Å². The van der Waals surface area contributed by atoms with Crippen LogP contribution in [0.5, 0.6) is 11.5 Å². The summed E-state index contributed by atoms with van der Waals surface area (Å²) < 4.78 is 41.2. The van der Waals surface area contributed by atoms with Crippen LogP contribution < -0.4 is 14.8 Å². The fraction of sp³-hybridized carbons (Fsp3) is 0.148. The molecule has 6 nitrogen and oxygen atoms in total. The van der Waals surface area contributed by atoms with Crippen LogP contribution in [0.1, 0.15) is 22.9 Å². The van der Waals surface area contributed by atoms with E-state index in [4.69, 9.17) is 9.47 Å². The number of carbonyl (C=O) groups excluding carboxylic acids is 1. The predicted octanol–water partition coefficient (Wildman–Crippen LogP) is 5.91. The average molecular weight is 475 g/mol. The molecule has 1 aliphatic heterocycles. The highest BCUT2D eigenvalue weighted by molar-refractivity contribution is 5.92. The maximum atomic E-state index is 14.3. The number of nitrogens with zero attached hydrogens (tertiary/aromatic N) is 2. The van der Waals surface area contributed by atoms with Crippen LogP contribution in [0.2, 0.25) is 0 Å². The van der Waals surface area contributed by atoms with Crippen molar-refractivity contribution in [2.24, 2.45) is 0 Å². The quantitative estimate of drug-likeness (QED) is 0.399. The molecule has 4 aromatic rings. The van der Waals surface area contributed by atoms with Crippen LogP contribution in [-0.2, 0) is 6.54 Å². The molecule has 5 rings (SSSR count). The molecule has 0 aliphatic carbocycles. The number of ether oxygens (including phenoxy) is 2. The molecule has 8 heteroatoms.